The predicted molar refractivity (Wildman–Crippen MR) is 123 cm³/mol. The summed E-state index contributed by atoms with van der Waals surface area (Å²) in [7, 11) is 0. The normalized spacial score (nSPS) is 20.1. The van der Waals surface area contributed by atoms with Crippen LogP contribution in [0.25, 0.3) is 0 Å². The summed E-state index contributed by atoms with van der Waals surface area (Å²) < 4.78 is 19.5. The molecule has 1 fully saturated rings. The number of benzene rings is 1. The number of ether oxygens (including phenoxy) is 3. The highest BCUT2D eigenvalue weighted by Crippen LogP contribution is 2.34. The van der Waals surface area contributed by atoms with Crippen LogP contribution in [0.3, 0.4) is 0 Å². The first-order valence-corrected chi connectivity index (χ1v) is 11.9. The van der Waals surface area contributed by atoms with E-state index in [1.54, 1.807) is 4.68 Å². The molecule has 2 aromatic rings. The van der Waals surface area contributed by atoms with Gasteiger partial charge in [0.15, 0.2) is 11.5 Å². The zero-order chi connectivity index (χ0) is 23.2. The Bertz CT molecular complexity index is 947. The quantitative estimate of drug-likeness (QED) is 0.696. The maximum absolute atomic E-state index is 13.2. The molecule has 4 rings (SSSR count). The summed E-state index contributed by atoms with van der Waals surface area (Å²) >= 11 is 0. The van der Waals surface area contributed by atoms with E-state index in [0.29, 0.717) is 45.3 Å². The van der Waals surface area contributed by atoms with Crippen LogP contribution < -0.4 is 9.47 Å². The first-order valence-electron chi connectivity index (χ1n) is 11.9. The average molecular weight is 458 g/mol. The van der Waals surface area contributed by atoms with Crippen LogP contribution in [0.5, 0.6) is 11.5 Å². The fourth-order valence-electron chi connectivity index (χ4n) is 4.64. The van der Waals surface area contributed by atoms with Crippen LogP contribution in [0.15, 0.2) is 18.2 Å². The van der Waals surface area contributed by atoms with E-state index in [-0.39, 0.29) is 18.5 Å². The molecule has 2 aliphatic heterocycles. The van der Waals surface area contributed by atoms with Gasteiger partial charge in [0, 0.05) is 31.2 Å². The number of nitrogens with zero attached hydrogens (tertiary/aromatic N) is 5. The number of rotatable bonds is 4. The van der Waals surface area contributed by atoms with Crippen molar-refractivity contribution in [1.29, 1.82) is 0 Å². The first-order chi connectivity index (χ1) is 16.0. The molecule has 2 aliphatic rings. The van der Waals surface area contributed by atoms with Gasteiger partial charge in [0.1, 0.15) is 24.8 Å². The van der Waals surface area contributed by atoms with Gasteiger partial charge in [0.2, 0.25) is 5.91 Å². The largest absolute Gasteiger partial charge is 0.490 e. The van der Waals surface area contributed by atoms with Crippen molar-refractivity contribution in [2.24, 2.45) is 0 Å². The second-order valence-electron chi connectivity index (χ2n) is 8.61. The van der Waals surface area contributed by atoms with Gasteiger partial charge >= 0.3 is 0 Å². The molecule has 3 heterocycles. The molecule has 180 valence electrons. The number of hydrogen-bond donors (Lipinski definition) is 0. The average Bonchev–Trinajstić information content (AvgIpc) is 3.35. The lowest BCUT2D eigenvalue weighted by Gasteiger charge is -2.31. The number of aromatic nitrogens is 3. The van der Waals surface area contributed by atoms with Gasteiger partial charge in [-0.2, -0.15) is 5.10 Å². The van der Waals surface area contributed by atoms with Crippen LogP contribution in [0.4, 0.5) is 0 Å². The highest BCUT2D eigenvalue weighted by molar-refractivity contribution is 5.76. The molecule has 0 saturated carbocycles. The second-order valence-corrected chi connectivity index (χ2v) is 8.61. The zero-order valence-electron chi connectivity index (χ0n) is 20.0. The zero-order valence-corrected chi connectivity index (χ0v) is 20.0. The Labute approximate surface area is 195 Å². The van der Waals surface area contributed by atoms with Gasteiger partial charge in [-0.15, -0.1) is 0 Å². The highest BCUT2D eigenvalue weighted by atomic mass is 16.5. The number of amides is 1. The van der Waals surface area contributed by atoms with Crippen molar-refractivity contribution >= 4 is 5.91 Å². The highest BCUT2D eigenvalue weighted by Gasteiger charge is 2.30. The lowest BCUT2D eigenvalue weighted by molar-refractivity contribution is -0.133. The van der Waals surface area contributed by atoms with Crippen molar-refractivity contribution in [1.82, 2.24) is 24.6 Å². The van der Waals surface area contributed by atoms with Crippen LogP contribution in [0.1, 0.15) is 37.0 Å². The van der Waals surface area contributed by atoms with Crippen molar-refractivity contribution < 1.29 is 19.0 Å². The summed E-state index contributed by atoms with van der Waals surface area (Å²) in [6.07, 6.45) is 2.18. The van der Waals surface area contributed by atoms with E-state index < -0.39 is 0 Å². The third kappa shape index (κ3) is 5.83. The molecule has 1 aromatic heterocycles. The van der Waals surface area contributed by atoms with Crippen molar-refractivity contribution in [3.63, 3.8) is 0 Å². The fraction of sp³-hybridized carbons (Fsp3) is 0.625. The summed E-state index contributed by atoms with van der Waals surface area (Å²) in [5, 5.41) is 4.36. The van der Waals surface area contributed by atoms with Crippen molar-refractivity contribution in [3.05, 3.63) is 35.4 Å². The van der Waals surface area contributed by atoms with Crippen LogP contribution in [0, 0.1) is 13.8 Å². The fourth-order valence-corrected chi connectivity index (χ4v) is 4.64. The summed E-state index contributed by atoms with van der Waals surface area (Å²) in [5.74, 6) is 3.06. The van der Waals surface area contributed by atoms with Gasteiger partial charge in [-0.25, -0.2) is 9.67 Å². The number of aryl methyl sites for hydroxylation is 2. The number of carbonyl (C=O) groups is 1. The monoisotopic (exact) mass is 457 g/mol. The third-order valence-electron chi connectivity index (χ3n) is 6.24. The van der Waals surface area contributed by atoms with Gasteiger partial charge in [-0.05, 0) is 46.2 Å². The molecule has 0 unspecified atom stereocenters. The maximum atomic E-state index is 13.2. The van der Waals surface area contributed by atoms with Gasteiger partial charge in [0.05, 0.1) is 19.8 Å². The molecule has 0 N–H and O–H groups in total. The predicted octanol–water partition coefficient (Wildman–Crippen LogP) is 2.20. The van der Waals surface area contributed by atoms with Gasteiger partial charge < -0.3 is 19.1 Å². The number of hydrogen-bond acceptors (Lipinski definition) is 7. The molecular weight excluding hydrogens is 422 g/mol. The Morgan fingerprint density at radius 1 is 1.21 bits per heavy atom. The van der Waals surface area contributed by atoms with E-state index in [0.717, 1.165) is 48.8 Å². The summed E-state index contributed by atoms with van der Waals surface area (Å²) in [6.45, 7) is 10.8. The van der Waals surface area contributed by atoms with Crippen LogP contribution in [0.2, 0.25) is 0 Å². The SMILES string of the molecule is CCOc1cccc2c1OCCOCCN(C(=O)Cn1nc(C)nc1C)C[C@@H]1CCCN1C2. The lowest BCUT2D eigenvalue weighted by Crippen LogP contribution is -2.45. The van der Waals surface area contributed by atoms with E-state index in [1.165, 1.54) is 0 Å². The van der Waals surface area contributed by atoms with Gasteiger partial charge in [-0.3, -0.25) is 9.69 Å². The summed E-state index contributed by atoms with van der Waals surface area (Å²) in [4.78, 5) is 21.9. The molecule has 1 amide bonds. The standard InChI is InChI=1S/C24H35N5O4/c1-4-32-22-9-5-7-20-15-27-10-6-8-21(27)16-28(11-12-31-13-14-33-24(20)22)23(30)17-29-19(3)25-18(2)26-29/h5,7,9,21H,4,6,8,10-17H2,1-3H3/t21-/m0/s1. The Morgan fingerprint density at radius 2 is 2.09 bits per heavy atom. The van der Waals surface area contributed by atoms with E-state index in [4.69, 9.17) is 14.2 Å². The van der Waals surface area contributed by atoms with Crippen molar-refractivity contribution in [2.45, 2.75) is 52.7 Å². The minimum Gasteiger partial charge on any atom is -0.490 e. The molecular formula is C24H35N5O4. The minimum absolute atomic E-state index is 0.0450. The van der Waals surface area contributed by atoms with Gasteiger partial charge in [-0.1, -0.05) is 12.1 Å². The molecule has 1 atom stereocenters. The summed E-state index contributed by atoms with van der Waals surface area (Å²) in [5.41, 5.74) is 1.11. The number of carbonyl (C=O) groups excluding carboxylic acids is 1. The van der Waals surface area contributed by atoms with E-state index >= 15 is 0 Å². The molecule has 1 saturated heterocycles. The van der Waals surface area contributed by atoms with Crippen molar-refractivity contribution in [2.75, 3.05) is 46.1 Å². The number of fused-ring (bicyclic) bond motifs is 2. The Balaban J connectivity index is 1.53. The smallest absolute Gasteiger partial charge is 0.244 e. The molecule has 0 aliphatic carbocycles. The molecule has 9 nitrogen and oxygen atoms in total. The van der Waals surface area contributed by atoms with E-state index in [1.807, 2.05) is 37.8 Å². The lowest BCUT2D eigenvalue weighted by atomic mass is 10.1. The molecule has 0 spiro atoms. The van der Waals surface area contributed by atoms with Crippen LogP contribution in [-0.4, -0.2) is 82.6 Å². The van der Waals surface area contributed by atoms with Crippen molar-refractivity contribution in [3.8, 4) is 11.5 Å². The van der Waals surface area contributed by atoms with E-state index in [9.17, 15) is 4.79 Å². The Hall–Kier alpha value is -2.65. The Kier molecular flexibility index (Phi) is 7.82. The van der Waals surface area contributed by atoms with Crippen LogP contribution in [-0.2, 0) is 22.6 Å². The first kappa shape index (κ1) is 23.5. The van der Waals surface area contributed by atoms with Gasteiger partial charge in [0.25, 0.3) is 0 Å². The minimum atomic E-state index is 0.0450. The maximum Gasteiger partial charge on any atom is 0.244 e. The summed E-state index contributed by atoms with van der Waals surface area (Å²) in [6, 6.07) is 6.37. The van der Waals surface area contributed by atoms with Crippen LogP contribution >= 0.6 is 0 Å². The molecule has 33 heavy (non-hydrogen) atoms. The Morgan fingerprint density at radius 3 is 2.88 bits per heavy atom. The van der Waals surface area contributed by atoms with E-state index in [2.05, 4.69) is 21.0 Å². The third-order valence-corrected chi connectivity index (χ3v) is 6.24. The second kappa shape index (κ2) is 11.0. The molecule has 9 heteroatoms. The number of para-hydroxylation sites is 1. The molecule has 0 bridgehead atoms. The molecule has 0 radical (unpaired) electrons. The molecule has 1 aromatic carbocycles. The topological polar surface area (TPSA) is 81.9 Å².